The third kappa shape index (κ3) is 3.20. The van der Waals surface area contributed by atoms with Crippen molar-refractivity contribution < 1.29 is 4.79 Å². The van der Waals surface area contributed by atoms with E-state index >= 15 is 0 Å². The van der Waals surface area contributed by atoms with E-state index in [2.05, 4.69) is 28.1 Å². The molecule has 1 aliphatic heterocycles. The highest BCUT2D eigenvalue weighted by molar-refractivity contribution is 7.09. The highest BCUT2D eigenvalue weighted by Crippen LogP contribution is 2.32. The van der Waals surface area contributed by atoms with Crippen LogP contribution in [0, 0.1) is 5.92 Å². The first kappa shape index (κ1) is 14.8. The molecular formula is C15H24N4OS. The second kappa shape index (κ2) is 5.91. The Balaban J connectivity index is 1.55. The molecule has 1 aromatic heterocycles. The molecule has 0 N–H and O–H groups in total. The summed E-state index contributed by atoms with van der Waals surface area (Å²) in [4.78, 5) is 21.1. The van der Waals surface area contributed by atoms with Crippen LogP contribution in [0.25, 0.3) is 0 Å². The van der Waals surface area contributed by atoms with Crippen LogP contribution in [0.4, 0.5) is 5.13 Å². The predicted molar refractivity (Wildman–Crippen MR) is 84.7 cm³/mol. The zero-order valence-electron chi connectivity index (χ0n) is 13.1. The normalized spacial score (nSPS) is 20.1. The standard InChI is InChI=1S/C15H24N4OS/c1-10(2)13-16-15(21-17-13)19-8-6-12(7-9-19)18(3)14(20)11-4-5-11/h10-12H,4-9H2,1-3H3. The van der Waals surface area contributed by atoms with Crippen molar-refractivity contribution in [2.24, 2.45) is 5.92 Å². The van der Waals surface area contributed by atoms with Crippen LogP contribution in [-0.2, 0) is 4.79 Å². The second-order valence-corrected chi connectivity index (χ2v) is 7.26. The molecule has 0 unspecified atom stereocenters. The lowest BCUT2D eigenvalue weighted by atomic mass is 10.0. The van der Waals surface area contributed by atoms with E-state index in [1.807, 2.05) is 11.9 Å². The summed E-state index contributed by atoms with van der Waals surface area (Å²) in [5.41, 5.74) is 0. The first-order valence-electron chi connectivity index (χ1n) is 7.91. The van der Waals surface area contributed by atoms with E-state index in [9.17, 15) is 4.79 Å². The molecule has 1 aliphatic carbocycles. The van der Waals surface area contributed by atoms with Crippen molar-refractivity contribution in [2.45, 2.75) is 51.5 Å². The van der Waals surface area contributed by atoms with Crippen molar-refractivity contribution in [3.8, 4) is 0 Å². The fourth-order valence-electron chi connectivity index (χ4n) is 2.83. The molecule has 2 aliphatic rings. The van der Waals surface area contributed by atoms with Gasteiger partial charge in [0.05, 0.1) is 0 Å². The highest BCUT2D eigenvalue weighted by Gasteiger charge is 2.35. The minimum atomic E-state index is 0.324. The number of aromatic nitrogens is 2. The van der Waals surface area contributed by atoms with Gasteiger partial charge in [0.1, 0.15) is 5.82 Å². The summed E-state index contributed by atoms with van der Waals surface area (Å²) in [5, 5.41) is 1.04. The van der Waals surface area contributed by atoms with Crippen LogP contribution < -0.4 is 4.90 Å². The summed E-state index contributed by atoms with van der Waals surface area (Å²) >= 11 is 1.50. The lowest BCUT2D eigenvalue weighted by molar-refractivity contribution is -0.133. The van der Waals surface area contributed by atoms with Crippen LogP contribution in [-0.4, -0.2) is 46.3 Å². The number of rotatable bonds is 4. The molecule has 6 heteroatoms. The molecule has 1 saturated carbocycles. The van der Waals surface area contributed by atoms with E-state index in [0.717, 1.165) is 49.7 Å². The third-order valence-corrected chi connectivity index (χ3v) is 5.30. The summed E-state index contributed by atoms with van der Waals surface area (Å²) in [6, 6.07) is 0.395. The largest absolute Gasteiger partial charge is 0.347 e. The van der Waals surface area contributed by atoms with Gasteiger partial charge in [-0.15, -0.1) is 0 Å². The molecule has 3 rings (SSSR count). The number of anilines is 1. The Morgan fingerprint density at radius 2 is 1.95 bits per heavy atom. The second-order valence-electron chi connectivity index (χ2n) is 6.53. The molecule has 0 spiro atoms. The summed E-state index contributed by atoms with van der Waals surface area (Å²) < 4.78 is 4.43. The SMILES string of the molecule is CC(C)c1nsc(N2CCC(N(C)C(=O)C3CC3)CC2)n1. The molecule has 2 heterocycles. The van der Waals surface area contributed by atoms with E-state index in [1.54, 1.807) is 0 Å². The summed E-state index contributed by atoms with van der Waals surface area (Å²) in [6.07, 6.45) is 4.24. The Morgan fingerprint density at radius 1 is 1.29 bits per heavy atom. The zero-order valence-corrected chi connectivity index (χ0v) is 13.9. The van der Waals surface area contributed by atoms with Crippen LogP contribution in [0.15, 0.2) is 0 Å². The Hall–Kier alpha value is -1.17. The van der Waals surface area contributed by atoms with Gasteiger partial charge in [-0.05, 0) is 25.7 Å². The van der Waals surface area contributed by atoms with Gasteiger partial charge in [-0.25, -0.2) is 4.98 Å². The van der Waals surface area contributed by atoms with Crippen molar-refractivity contribution >= 4 is 22.6 Å². The van der Waals surface area contributed by atoms with Gasteiger partial charge in [0, 0.05) is 49.5 Å². The van der Waals surface area contributed by atoms with Crippen molar-refractivity contribution in [3.05, 3.63) is 5.82 Å². The number of hydrogen-bond donors (Lipinski definition) is 0. The van der Waals surface area contributed by atoms with Gasteiger partial charge in [-0.2, -0.15) is 4.37 Å². The summed E-state index contributed by atoms with van der Waals surface area (Å²) in [7, 11) is 1.97. The smallest absolute Gasteiger partial charge is 0.225 e. The number of carbonyl (C=O) groups is 1. The molecular weight excluding hydrogens is 284 g/mol. The fraction of sp³-hybridized carbons (Fsp3) is 0.800. The Bertz CT molecular complexity index is 504. The van der Waals surface area contributed by atoms with Gasteiger partial charge in [0.25, 0.3) is 0 Å². The fourth-order valence-corrected chi connectivity index (χ4v) is 3.69. The monoisotopic (exact) mass is 308 g/mol. The maximum absolute atomic E-state index is 12.1. The molecule has 0 aromatic carbocycles. The topological polar surface area (TPSA) is 49.3 Å². The summed E-state index contributed by atoms with van der Waals surface area (Å²) in [6.45, 7) is 6.19. The Kier molecular flexibility index (Phi) is 4.15. The molecule has 1 amide bonds. The minimum Gasteiger partial charge on any atom is -0.347 e. The van der Waals surface area contributed by atoms with Crippen molar-refractivity contribution in [1.29, 1.82) is 0 Å². The highest BCUT2D eigenvalue weighted by atomic mass is 32.1. The van der Waals surface area contributed by atoms with Crippen LogP contribution in [0.1, 0.15) is 51.3 Å². The first-order chi connectivity index (χ1) is 10.1. The third-order valence-electron chi connectivity index (χ3n) is 4.50. The Morgan fingerprint density at radius 3 is 2.48 bits per heavy atom. The van der Waals surface area contributed by atoms with Crippen molar-refractivity contribution in [3.63, 3.8) is 0 Å². The van der Waals surface area contributed by atoms with Crippen molar-refractivity contribution in [2.75, 3.05) is 25.0 Å². The Labute approximate surface area is 130 Å². The summed E-state index contributed by atoms with van der Waals surface area (Å²) in [5.74, 6) is 2.00. The molecule has 0 atom stereocenters. The van der Waals surface area contributed by atoms with Gasteiger partial charge < -0.3 is 9.80 Å². The zero-order chi connectivity index (χ0) is 15.0. The molecule has 0 bridgehead atoms. The molecule has 0 radical (unpaired) electrons. The van der Waals surface area contributed by atoms with Gasteiger partial charge in [0.15, 0.2) is 0 Å². The lowest BCUT2D eigenvalue weighted by Crippen LogP contribution is -2.46. The molecule has 1 saturated heterocycles. The van der Waals surface area contributed by atoms with E-state index < -0.39 is 0 Å². The lowest BCUT2D eigenvalue weighted by Gasteiger charge is -2.36. The van der Waals surface area contributed by atoms with Gasteiger partial charge in [-0.3, -0.25) is 4.79 Å². The molecule has 21 heavy (non-hydrogen) atoms. The predicted octanol–water partition coefficient (Wildman–Crippen LogP) is 2.50. The molecule has 116 valence electrons. The van der Waals surface area contributed by atoms with Gasteiger partial charge >= 0.3 is 0 Å². The average Bonchev–Trinajstić information content (AvgIpc) is 3.22. The minimum absolute atomic E-state index is 0.324. The number of carbonyl (C=O) groups excluding carboxylic acids is 1. The maximum Gasteiger partial charge on any atom is 0.225 e. The van der Waals surface area contributed by atoms with E-state index in [1.165, 1.54) is 11.5 Å². The number of amides is 1. The first-order valence-corrected chi connectivity index (χ1v) is 8.69. The van der Waals surface area contributed by atoms with Gasteiger partial charge in [0.2, 0.25) is 11.0 Å². The van der Waals surface area contributed by atoms with Crippen LogP contribution in [0.3, 0.4) is 0 Å². The molecule has 2 fully saturated rings. The molecule has 1 aromatic rings. The van der Waals surface area contributed by atoms with Crippen LogP contribution in [0.5, 0.6) is 0 Å². The van der Waals surface area contributed by atoms with Crippen LogP contribution in [0.2, 0.25) is 0 Å². The average molecular weight is 308 g/mol. The van der Waals surface area contributed by atoms with Crippen LogP contribution >= 0.6 is 11.5 Å². The number of hydrogen-bond acceptors (Lipinski definition) is 5. The van der Waals surface area contributed by atoms with Crippen molar-refractivity contribution in [1.82, 2.24) is 14.3 Å². The van der Waals surface area contributed by atoms with E-state index in [-0.39, 0.29) is 0 Å². The van der Waals surface area contributed by atoms with Gasteiger partial charge in [-0.1, -0.05) is 13.8 Å². The quantitative estimate of drug-likeness (QED) is 0.857. The van der Waals surface area contributed by atoms with E-state index in [4.69, 9.17) is 0 Å². The number of nitrogens with zero attached hydrogens (tertiary/aromatic N) is 4. The van der Waals surface area contributed by atoms with E-state index in [0.29, 0.717) is 23.8 Å². The molecule has 5 nitrogen and oxygen atoms in total. The maximum atomic E-state index is 12.1. The number of piperidine rings is 1.